The van der Waals surface area contributed by atoms with Gasteiger partial charge in [-0.05, 0) is 42.7 Å². The molecule has 1 aliphatic rings. The van der Waals surface area contributed by atoms with Crippen LogP contribution in [-0.2, 0) is 14.9 Å². The molecule has 0 spiro atoms. The minimum absolute atomic E-state index is 0.0581. The van der Waals surface area contributed by atoms with Crippen LogP contribution in [0.15, 0.2) is 48.8 Å². The fourth-order valence-electron chi connectivity index (χ4n) is 3.34. The smallest absolute Gasteiger partial charge is 0.225 e. The van der Waals surface area contributed by atoms with E-state index in [2.05, 4.69) is 15.6 Å². The zero-order valence-electron chi connectivity index (χ0n) is 14.7. The number of benzene rings is 1. The van der Waals surface area contributed by atoms with Gasteiger partial charge in [0.1, 0.15) is 5.82 Å². The van der Waals surface area contributed by atoms with Gasteiger partial charge in [-0.2, -0.15) is 0 Å². The second kappa shape index (κ2) is 8.87. The number of ether oxygens (including phenoxy) is 1. The number of nitrogens with zero attached hydrogens (tertiary/aromatic N) is 1. The van der Waals surface area contributed by atoms with E-state index < -0.39 is 0 Å². The molecule has 1 aliphatic heterocycles. The number of rotatable bonds is 7. The van der Waals surface area contributed by atoms with Gasteiger partial charge in [0.2, 0.25) is 5.91 Å². The van der Waals surface area contributed by atoms with Gasteiger partial charge in [0, 0.05) is 44.3 Å². The number of carbonyl (C=O) groups is 1. The molecule has 0 atom stereocenters. The third-order valence-electron chi connectivity index (χ3n) is 4.82. The van der Waals surface area contributed by atoms with Crippen LogP contribution in [0.4, 0.5) is 10.1 Å². The molecule has 0 saturated carbocycles. The molecule has 1 saturated heterocycles. The van der Waals surface area contributed by atoms with E-state index >= 15 is 0 Å². The molecule has 0 aliphatic carbocycles. The van der Waals surface area contributed by atoms with Crippen molar-refractivity contribution >= 4 is 11.6 Å². The molecule has 2 heterocycles. The number of anilines is 1. The van der Waals surface area contributed by atoms with Crippen LogP contribution in [0, 0.1) is 5.82 Å². The minimum Gasteiger partial charge on any atom is -0.381 e. The van der Waals surface area contributed by atoms with Gasteiger partial charge >= 0.3 is 0 Å². The summed E-state index contributed by atoms with van der Waals surface area (Å²) in [5, 5.41) is 6.19. The van der Waals surface area contributed by atoms with Crippen molar-refractivity contribution < 1.29 is 13.9 Å². The number of amides is 1. The molecule has 0 radical (unpaired) electrons. The average Bonchev–Trinajstić information content (AvgIpc) is 2.67. The van der Waals surface area contributed by atoms with E-state index in [0.29, 0.717) is 38.4 Å². The number of hydrogen-bond acceptors (Lipinski definition) is 4. The van der Waals surface area contributed by atoms with Crippen molar-refractivity contribution in [3.05, 3.63) is 60.2 Å². The summed E-state index contributed by atoms with van der Waals surface area (Å²) in [5.74, 6) is -0.276. The Morgan fingerprint density at radius 3 is 2.81 bits per heavy atom. The van der Waals surface area contributed by atoms with Crippen LogP contribution in [0.25, 0.3) is 0 Å². The van der Waals surface area contributed by atoms with Crippen molar-refractivity contribution in [2.24, 2.45) is 0 Å². The first-order valence-electron chi connectivity index (χ1n) is 8.92. The van der Waals surface area contributed by atoms with Crippen molar-refractivity contribution in [1.29, 1.82) is 0 Å². The summed E-state index contributed by atoms with van der Waals surface area (Å²) in [6.07, 6.45) is 5.32. The van der Waals surface area contributed by atoms with E-state index in [9.17, 15) is 9.18 Å². The maximum atomic E-state index is 13.7. The van der Waals surface area contributed by atoms with E-state index in [-0.39, 0.29) is 17.1 Å². The van der Waals surface area contributed by atoms with Crippen LogP contribution < -0.4 is 10.6 Å². The molecular weight excluding hydrogens is 333 g/mol. The van der Waals surface area contributed by atoms with Gasteiger partial charge in [-0.3, -0.25) is 9.78 Å². The second-order valence-corrected chi connectivity index (χ2v) is 6.62. The van der Waals surface area contributed by atoms with Crippen molar-refractivity contribution in [3.8, 4) is 0 Å². The number of pyridine rings is 1. The third kappa shape index (κ3) is 4.86. The number of aromatic nitrogens is 1. The Morgan fingerprint density at radius 1 is 1.23 bits per heavy atom. The lowest BCUT2D eigenvalue weighted by molar-refractivity contribution is -0.116. The highest BCUT2D eigenvalue weighted by molar-refractivity contribution is 5.90. The molecular formula is C20H24FN3O2. The van der Waals surface area contributed by atoms with Crippen LogP contribution >= 0.6 is 0 Å². The molecule has 1 amide bonds. The molecule has 2 N–H and O–H groups in total. The van der Waals surface area contributed by atoms with Gasteiger partial charge in [0.15, 0.2) is 0 Å². The normalized spacial score (nSPS) is 16.2. The molecule has 1 fully saturated rings. The lowest BCUT2D eigenvalue weighted by Crippen LogP contribution is -2.43. The summed E-state index contributed by atoms with van der Waals surface area (Å²) < 4.78 is 19.2. The molecule has 5 nitrogen and oxygen atoms in total. The maximum absolute atomic E-state index is 13.7. The standard InChI is InChI=1S/C20H24FN3O2/c21-17-4-1-3-16(13-17)20(7-11-26-12-8-20)15-23-10-6-19(25)24-18-5-2-9-22-14-18/h1-5,9,13-14,23H,6-8,10-12,15H2,(H,24,25). The SMILES string of the molecule is O=C(CCNCC1(c2cccc(F)c2)CCOCC1)Nc1cccnc1. The lowest BCUT2D eigenvalue weighted by atomic mass is 9.74. The Labute approximate surface area is 153 Å². The number of carbonyl (C=O) groups excluding carboxylic acids is 1. The fraction of sp³-hybridized carbons (Fsp3) is 0.400. The molecule has 3 rings (SSSR count). The highest BCUT2D eigenvalue weighted by Gasteiger charge is 2.34. The molecule has 2 aromatic rings. The second-order valence-electron chi connectivity index (χ2n) is 6.62. The highest BCUT2D eigenvalue weighted by atomic mass is 19.1. The molecule has 1 aromatic carbocycles. The zero-order chi connectivity index (χ0) is 18.2. The molecule has 1 aromatic heterocycles. The Balaban J connectivity index is 1.53. The summed E-state index contributed by atoms with van der Waals surface area (Å²) >= 11 is 0. The van der Waals surface area contributed by atoms with E-state index in [4.69, 9.17) is 4.74 Å². The van der Waals surface area contributed by atoms with Gasteiger partial charge in [-0.1, -0.05) is 12.1 Å². The highest BCUT2D eigenvalue weighted by Crippen LogP contribution is 2.34. The molecule has 26 heavy (non-hydrogen) atoms. The molecule has 0 bridgehead atoms. The van der Waals surface area contributed by atoms with Gasteiger partial charge in [-0.15, -0.1) is 0 Å². The summed E-state index contributed by atoms with van der Waals surface area (Å²) in [4.78, 5) is 16.0. The summed E-state index contributed by atoms with van der Waals surface area (Å²) in [6, 6.07) is 10.4. The number of halogens is 1. The van der Waals surface area contributed by atoms with E-state index in [1.807, 2.05) is 6.07 Å². The van der Waals surface area contributed by atoms with Crippen molar-refractivity contribution in [1.82, 2.24) is 10.3 Å². The van der Waals surface area contributed by atoms with E-state index in [1.54, 1.807) is 36.7 Å². The summed E-state index contributed by atoms with van der Waals surface area (Å²) in [5.41, 5.74) is 1.53. The van der Waals surface area contributed by atoms with Crippen molar-refractivity contribution in [2.75, 3.05) is 31.6 Å². The summed E-state index contributed by atoms with van der Waals surface area (Å²) in [6.45, 7) is 2.59. The average molecular weight is 357 g/mol. The first kappa shape index (κ1) is 18.5. The van der Waals surface area contributed by atoms with Crippen LogP contribution in [0.2, 0.25) is 0 Å². The summed E-state index contributed by atoms with van der Waals surface area (Å²) in [7, 11) is 0. The third-order valence-corrected chi connectivity index (χ3v) is 4.82. The zero-order valence-corrected chi connectivity index (χ0v) is 14.7. The van der Waals surface area contributed by atoms with Gasteiger partial charge in [0.05, 0.1) is 11.9 Å². The van der Waals surface area contributed by atoms with Crippen molar-refractivity contribution in [2.45, 2.75) is 24.7 Å². The van der Waals surface area contributed by atoms with Crippen LogP contribution in [-0.4, -0.2) is 37.2 Å². The Hall–Kier alpha value is -2.31. The molecule has 6 heteroatoms. The number of nitrogens with one attached hydrogen (secondary N) is 2. The molecule has 138 valence electrons. The van der Waals surface area contributed by atoms with Crippen molar-refractivity contribution in [3.63, 3.8) is 0 Å². The van der Waals surface area contributed by atoms with Crippen LogP contribution in [0.5, 0.6) is 0 Å². The Morgan fingerprint density at radius 2 is 2.08 bits per heavy atom. The minimum atomic E-state index is -0.218. The maximum Gasteiger partial charge on any atom is 0.225 e. The van der Waals surface area contributed by atoms with Crippen LogP contribution in [0.3, 0.4) is 0 Å². The fourth-order valence-corrected chi connectivity index (χ4v) is 3.34. The van der Waals surface area contributed by atoms with Gasteiger partial charge in [0.25, 0.3) is 0 Å². The van der Waals surface area contributed by atoms with Crippen LogP contribution in [0.1, 0.15) is 24.8 Å². The molecule has 0 unspecified atom stereocenters. The number of hydrogen-bond donors (Lipinski definition) is 2. The van der Waals surface area contributed by atoms with E-state index in [1.165, 1.54) is 6.07 Å². The Kier molecular flexibility index (Phi) is 6.30. The first-order chi connectivity index (χ1) is 12.7. The topological polar surface area (TPSA) is 63.2 Å². The van der Waals surface area contributed by atoms with E-state index in [0.717, 1.165) is 18.4 Å². The lowest BCUT2D eigenvalue weighted by Gasteiger charge is -2.38. The predicted octanol–water partition coefficient (Wildman–Crippen LogP) is 2.89. The van der Waals surface area contributed by atoms with Gasteiger partial charge in [-0.25, -0.2) is 4.39 Å². The largest absolute Gasteiger partial charge is 0.381 e. The predicted molar refractivity (Wildman–Crippen MR) is 98.5 cm³/mol. The quantitative estimate of drug-likeness (QED) is 0.748. The first-order valence-corrected chi connectivity index (χ1v) is 8.92. The van der Waals surface area contributed by atoms with Gasteiger partial charge < -0.3 is 15.4 Å². The Bertz CT molecular complexity index is 718. The monoisotopic (exact) mass is 357 g/mol.